The third-order valence-corrected chi connectivity index (χ3v) is 2.55. The average Bonchev–Trinajstić information content (AvgIpc) is 2.28. The number of morpholine rings is 1. The highest BCUT2D eigenvalue weighted by molar-refractivity contribution is 6.30. The van der Waals surface area contributed by atoms with E-state index in [0.29, 0.717) is 10.7 Å². The van der Waals surface area contributed by atoms with Crippen molar-refractivity contribution < 1.29 is 9.53 Å². The second kappa shape index (κ2) is 4.52. The summed E-state index contributed by atoms with van der Waals surface area (Å²) in [7, 11) is 0. The fraction of sp³-hybridized carbons (Fsp3) is 0.273. The van der Waals surface area contributed by atoms with E-state index in [1.165, 1.54) is 4.90 Å². The van der Waals surface area contributed by atoms with Gasteiger partial charge in [0.05, 0.1) is 12.7 Å². The number of hydrogen-bond acceptors (Lipinski definition) is 3. The Hall–Kier alpha value is -1.57. The molecule has 1 heterocycles. The number of carbonyl (C=O) groups excluding carboxylic acids is 1. The summed E-state index contributed by atoms with van der Waals surface area (Å²) in [6.45, 7) is 0.236. The van der Waals surface area contributed by atoms with Crippen molar-refractivity contribution in [2.24, 2.45) is 0 Å². The van der Waals surface area contributed by atoms with Gasteiger partial charge in [0.1, 0.15) is 12.6 Å². The Labute approximate surface area is 98.0 Å². The van der Waals surface area contributed by atoms with E-state index in [-0.39, 0.29) is 19.1 Å². The van der Waals surface area contributed by atoms with Crippen LogP contribution in [0.25, 0.3) is 0 Å². The van der Waals surface area contributed by atoms with Crippen LogP contribution in [0, 0.1) is 11.3 Å². The Kier molecular flexibility index (Phi) is 3.09. The third kappa shape index (κ3) is 2.01. The molecule has 0 aromatic heterocycles. The fourth-order valence-corrected chi connectivity index (χ4v) is 1.81. The van der Waals surface area contributed by atoms with Crippen LogP contribution in [-0.2, 0) is 9.53 Å². The summed E-state index contributed by atoms with van der Waals surface area (Å²) in [5.74, 6) is -0.222. The molecule has 82 valence electrons. The molecule has 0 bridgehead atoms. The minimum Gasteiger partial charge on any atom is -0.368 e. The minimum absolute atomic E-state index is 0.00466. The molecule has 0 aliphatic carbocycles. The first kappa shape index (κ1) is 10.9. The number of benzene rings is 1. The number of rotatable bonds is 1. The normalized spacial score (nSPS) is 20.6. The number of anilines is 1. The van der Waals surface area contributed by atoms with E-state index < -0.39 is 6.04 Å². The van der Waals surface area contributed by atoms with Gasteiger partial charge in [0, 0.05) is 10.7 Å². The zero-order valence-electron chi connectivity index (χ0n) is 8.39. The lowest BCUT2D eigenvalue weighted by Gasteiger charge is -2.31. The maximum atomic E-state index is 11.7. The van der Waals surface area contributed by atoms with E-state index >= 15 is 0 Å². The summed E-state index contributed by atoms with van der Waals surface area (Å²) in [6.07, 6.45) is 0. The molecule has 0 spiro atoms. The number of carbonyl (C=O) groups is 1. The molecule has 1 aliphatic rings. The van der Waals surface area contributed by atoms with E-state index in [2.05, 4.69) is 0 Å². The first-order valence-corrected chi connectivity index (χ1v) is 5.15. The van der Waals surface area contributed by atoms with Gasteiger partial charge < -0.3 is 4.74 Å². The standard InChI is InChI=1S/C11H9ClN2O2/c12-8-2-1-3-9(4-8)14-10(5-13)6-16-7-11(14)15/h1-4,10H,6-7H2. The van der Waals surface area contributed by atoms with Crippen molar-refractivity contribution in [3.63, 3.8) is 0 Å². The molecule has 0 saturated carbocycles. The van der Waals surface area contributed by atoms with Crippen molar-refractivity contribution in [2.75, 3.05) is 18.1 Å². The molecule has 1 fully saturated rings. The Morgan fingerprint density at radius 3 is 3.06 bits per heavy atom. The lowest BCUT2D eigenvalue weighted by Crippen LogP contribution is -2.49. The smallest absolute Gasteiger partial charge is 0.254 e. The van der Waals surface area contributed by atoms with Gasteiger partial charge in [0.15, 0.2) is 0 Å². The molecule has 1 aromatic rings. The highest BCUT2D eigenvalue weighted by Crippen LogP contribution is 2.23. The Balaban J connectivity index is 2.36. The quantitative estimate of drug-likeness (QED) is 0.744. The summed E-state index contributed by atoms with van der Waals surface area (Å²) < 4.78 is 5.02. The molecule has 1 aromatic carbocycles. The predicted octanol–water partition coefficient (Wildman–Crippen LogP) is 1.60. The van der Waals surface area contributed by atoms with E-state index in [9.17, 15) is 4.79 Å². The van der Waals surface area contributed by atoms with Crippen molar-refractivity contribution in [3.8, 4) is 6.07 Å². The SMILES string of the molecule is N#CC1COCC(=O)N1c1cccc(Cl)c1. The first-order valence-electron chi connectivity index (χ1n) is 4.77. The second-order valence-electron chi connectivity index (χ2n) is 3.40. The summed E-state index contributed by atoms with van der Waals surface area (Å²) in [6, 6.07) is 8.33. The maximum absolute atomic E-state index is 11.7. The predicted molar refractivity (Wildman–Crippen MR) is 59.2 cm³/mol. The lowest BCUT2D eigenvalue weighted by molar-refractivity contribution is -0.126. The Morgan fingerprint density at radius 2 is 2.38 bits per heavy atom. The van der Waals surface area contributed by atoms with Crippen LogP contribution in [0.15, 0.2) is 24.3 Å². The minimum atomic E-state index is -0.584. The molecule has 0 radical (unpaired) electrons. The Morgan fingerprint density at radius 1 is 1.56 bits per heavy atom. The van der Waals surface area contributed by atoms with Crippen LogP contribution in [0.1, 0.15) is 0 Å². The topological polar surface area (TPSA) is 53.3 Å². The zero-order chi connectivity index (χ0) is 11.5. The van der Waals surface area contributed by atoms with Gasteiger partial charge in [-0.05, 0) is 18.2 Å². The molecule has 1 saturated heterocycles. The van der Waals surface area contributed by atoms with Crippen molar-refractivity contribution >= 4 is 23.2 Å². The van der Waals surface area contributed by atoms with Crippen LogP contribution < -0.4 is 4.90 Å². The van der Waals surface area contributed by atoms with Crippen molar-refractivity contribution in [1.82, 2.24) is 0 Å². The molecule has 1 amide bonds. The van der Waals surface area contributed by atoms with E-state index in [4.69, 9.17) is 21.6 Å². The molecular formula is C11H9ClN2O2. The fourth-order valence-electron chi connectivity index (χ4n) is 1.62. The summed E-state index contributed by atoms with van der Waals surface area (Å²) in [5, 5.41) is 9.49. The van der Waals surface area contributed by atoms with Crippen molar-refractivity contribution in [3.05, 3.63) is 29.3 Å². The van der Waals surface area contributed by atoms with Crippen molar-refractivity contribution in [1.29, 1.82) is 5.26 Å². The second-order valence-corrected chi connectivity index (χ2v) is 3.84. The Bertz CT molecular complexity index is 456. The largest absolute Gasteiger partial charge is 0.368 e. The summed E-state index contributed by atoms with van der Waals surface area (Å²) in [5.41, 5.74) is 0.632. The molecule has 5 heteroatoms. The van der Waals surface area contributed by atoms with Crippen LogP contribution in [-0.4, -0.2) is 25.2 Å². The monoisotopic (exact) mass is 236 g/mol. The zero-order valence-corrected chi connectivity index (χ0v) is 9.15. The number of hydrogen-bond donors (Lipinski definition) is 0. The average molecular weight is 237 g/mol. The molecule has 1 atom stereocenters. The molecule has 1 aliphatic heterocycles. The highest BCUT2D eigenvalue weighted by Gasteiger charge is 2.29. The number of halogens is 1. The van der Waals surface area contributed by atoms with Gasteiger partial charge in [-0.15, -0.1) is 0 Å². The molecule has 16 heavy (non-hydrogen) atoms. The number of ether oxygens (including phenoxy) is 1. The summed E-state index contributed by atoms with van der Waals surface area (Å²) >= 11 is 5.85. The van der Waals surface area contributed by atoms with Gasteiger partial charge in [-0.3, -0.25) is 9.69 Å². The molecule has 1 unspecified atom stereocenters. The van der Waals surface area contributed by atoms with Gasteiger partial charge in [-0.25, -0.2) is 0 Å². The lowest BCUT2D eigenvalue weighted by atomic mass is 10.2. The van der Waals surface area contributed by atoms with Crippen LogP contribution >= 0.6 is 11.6 Å². The van der Waals surface area contributed by atoms with E-state index in [1.807, 2.05) is 6.07 Å². The van der Waals surface area contributed by atoms with Crippen molar-refractivity contribution in [2.45, 2.75) is 6.04 Å². The molecule has 4 nitrogen and oxygen atoms in total. The van der Waals surface area contributed by atoms with Gasteiger partial charge in [-0.2, -0.15) is 5.26 Å². The van der Waals surface area contributed by atoms with E-state index in [0.717, 1.165) is 0 Å². The van der Waals surface area contributed by atoms with Gasteiger partial charge in [0.25, 0.3) is 5.91 Å². The van der Waals surface area contributed by atoms with Crippen LogP contribution in [0.4, 0.5) is 5.69 Å². The van der Waals surface area contributed by atoms with Gasteiger partial charge in [0.2, 0.25) is 0 Å². The summed E-state index contributed by atoms with van der Waals surface area (Å²) in [4.78, 5) is 13.1. The van der Waals surface area contributed by atoms with Crippen LogP contribution in [0.3, 0.4) is 0 Å². The first-order chi connectivity index (χ1) is 7.72. The third-order valence-electron chi connectivity index (χ3n) is 2.32. The molecule has 2 rings (SSSR count). The number of nitrogens with zero attached hydrogens (tertiary/aromatic N) is 2. The number of amides is 1. The van der Waals surface area contributed by atoms with Crippen LogP contribution in [0.5, 0.6) is 0 Å². The maximum Gasteiger partial charge on any atom is 0.254 e. The van der Waals surface area contributed by atoms with Gasteiger partial charge in [-0.1, -0.05) is 17.7 Å². The number of nitriles is 1. The van der Waals surface area contributed by atoms with E-state index in [1.54, 1.807) is 24.3 Å². The van der Waals surface area contributed by atoms with Crippen LogP contribution in [0.2, 0.25) is 5.02 Å². The van der Waals surface area contributed by atoms with Gasteiger partial charge >= 0.3 is 0 Å². The highest BCUT2D eigenvalue weighted by atomic mass is 35.5. The molecule has 0 N–H and O–H groups in total. The molecular weight excluding hydrogens is 228 g/mol.